The predicted molar refractivity (Wildman–Crippen MR) is 99.2 cm³/mol. The maximum atomic E-state index is 12.1. The number of esters is 1. The summed E-state index contributed by atoms with van der Waals surface area (Å²) in [5, 5.41) is 5.54. The van der Waals surface area contributed by atoms with Crippen molar-refractivity contribution in [1.82, 2.24) is 9.78 Å². The summed E-state index contributed by atoms with van der Waals surface area (Å²) >= 11 is 12.2. The van der Waals surface area contributed by atoms with Gasteiger partial charge in [-0.1, -0.05) is 59.6 Å². The summed E-state index contributed by atoms with van der Waals surface area (Å²) in [6, 6.07) is 16.8. The van der Waals surface area contributed by atoms with Crippen LogP contribution in [0.25, 0.3) is 11.3 Å². The van der Waals surface area contributed by atoms with Crippen LogP contribution in [-0.4, -0.2) is 22.4 Å². The third-order valence-electron chi connectivity index (χ3n) is 3.67. The molecule has 2 aromatic carbocycles. The summed E-state index contributed by atoms with van der Waals surface area (Å²) in [6.07, 6.45) is 0. The topological polar surface area (TPSA) is 44.1 Å². The van der Waals surface area contributed by atoms with Crippen LogP contribution in [0.1, 0.15) is 23.0 Å². The number of halogens is 2. The van der Waals surface area contributed by atoms with Crippen molar-refractivity contribution in [3.05, 3.63) is 75.9 Å². The molecule has 3 aromatic rings. The van der Waals surface area contributed by atoms with Crippen molar-refractivity contribution in [3.8, 4) is 11.3 Å². The second-order valence-electron chi connectivity index (χ2n) is 5.39. The summed E-state index contributed by atoms with van der Waals surface area (Å²) in [7, 11) is 0. The van der Waals surface area contributed by atoms with Crippen molar-refractivity contribution in [2.24, 2.45) is 0 Å². The Hall–Kier alpha value is -2.30. The smallest absolute Gasteiger partial charge is 0.358 e. The first-order valence-corrected chi connectivity index (χ1v) is 8.58. The fourth-order valence-electron chi connectivity index (χ4n) is 2.49. The SMILES string of the molecule is CCOC(=O)c1cc(-c2ccccc2)n(Cc2ccc(Cl)cc2Cl)n1. The summed E-state index contributed by atoms with van der Waals surface area (Å²) in [4.78, 5) is 12.1. The lowest BCUT2D eigenvalue weighted by atomic mass is 10.1. The second-order valence-corrected chi connectivity index (χ2v) is 6.24. The average Bonchev–Trinajstić information content (AvgIpc) is 3.02. The number of ether oxygens (including phenoxy) is 1. The normalized spacial score (nSPS) is 10.7. The summed E-state index contributed by atoms with van der Waals surface area (Å²) in [5.41, 5.74) is 2.90. The van der Waals surface area contributed by atoms with Crippen LogP contribution in [0.2, 0.25) is 10.0 Å². The third-order valence-corrected chi connectivity index (χ3v) is 4.26. The van der Waals surface area contributed by atoms with E-state index in [-0.39, 0.29) is 5.69 Å². The Morgan fingerprint density at radius 2 is 1.88 bits per heavy atom. The fraction of sp³-hybridized carbons (Fsp3) is 0.158. The first-order chi connectivity index (χ1) is 12.1. The molecule has 4 nitrogen and oxygen atoms in total. The number of hydrogen-bond donors (Lipinski definition) is 0. The number of nitrogens with zero attached hydrogens (tertiary/aromatic N) is 2. The Morgan fingerprint density at radius 1 is 1.12 bits per heavy atom. The van der Waals surface area contributed by atoms with Gasteiger partial charge in [-0.25, -0.2) is 4.79 Å². The molecule has 3 rings (SSSR count). The van der Waals surface area contributed by atoms with Gasteiger partial charge in [0.15, 0.2) is 5.69 Å². The zero-order valence-electron chi connectivity index (χ0n) is 13.6. The van der Waals surface area contributed by atoms with Gasteiger partial charge in [0.25, 0.3) is 0 Å². The molecule has 0 saturated carbocycles. The molecule has 1 heterocycles. The molecule has 6 heteroatoms. The number of aromatic nitrogens is 2. The van der Waals surface area contributed by atoms with Crippen molar-refractivity contribution < 1.29 is 9.53 Å². The summed E-state index contributed by atoms with van der Waals surface area (Å²) in [5.74, 6) is -0.444. The molecule has 0 aliphatic heterocycles. The maximum Gasteiger partial charge on any atom is 0.358 e. The Morgan fingerprint density at radius 3 is 2.56 bits per heavy atom. The van der Waals surface area contributed by atoms with Gasteiger partial charge in [-0.2, -0.15) is 5.10 Å². The molecule has 0 bridgehead atoms. The zero-order valence-corrected chi connectivity index (χ0v) is 15.1. The summed E-state index contributed by atoms with van der Waals surface area (Å²) in [6.45, 7) is 2.48. The van der Waals surface area contributed by atoms with E-state index in [0.717, 1.165) is 16.8 Å². The van der Waals surface area contributed by atoms with E-state index >= 15 is 0 Å². The van der Waals surface area contributed by atoms with Crippen LogP contribution in [-0.2, 0) is 11.3 Å². The van der Waals surface area contributed by atoms with Gasteiger partial charge in [0.2, 0.25) is 0 Å². The lowest BCUT2D eigenvalue weighted by molar-refractivity contribution is 0.0518. The van der Waals surface area contributed by atoms with Gasteiger partial charge in [-0.05, 0) is 36.2 Å². The molecule has 25 heavy (non-hydrogen) atoms. The van der Waals surface area contributed by atoms with Gasteiger partial charge >= 0.3 is 5.97 Å². The predicted octanol–water partition coefficient (Wildman–Crippen LogP) is 5.08. The summed E-state index contributed by atoms with van der Waals surface area (Å²) < 4.78 is 6.81. The van der Waals surface area contributed by atoms with Gasteiger partial charge in [0, 0.05) is 10.0 Å². The molecule has 0 aliphatic rings. The largest absolute Gasteiger partial charge is 0.461 e. The zero-order chi connectivity index (χ0) is 17.8. The first kappa shape index (κ1) is 17.5. The maximum absolute atomic E-state index is 12.1. The van der Waals surface area contributed by atoms with Gasteiger partial charge < -0.3 is 4.74 Å². The second kappa shape index (κ2) is 7.72. The molecule has 0 unspecified atom stereocenters. The van der Waals surface area contributed by atoms with Crippen LogP contribution >= 0.6 is 23.2 Å². The number of carbonyl (C=O) groups excluding carboxylic acids is 1. The highest BCUT2D eigenvalue weighted by Gasteiger charge is 2.17. The minimum atomic E-state index is -0.444. The van der Waals surface area contributed by atoms with E-state index in [1.807, 2.05) is 36.4 Å². The van der Waals surface area contributed by atoms with Crippen LogP contribution in [0.5, 0.6) is 0 Å². The lowest BCUT2D eigenvalue weighted by Gasteiger charge is -2.09. The van der Waals surface area contributed by atoms with Crippen LogP contribution < -0.4 is 0 Å². The van der Waals surface area contributed by atoms with Crippen molar-refractivity contribution in [2.45, 2.75) is 13.5 Å². The quantitative estimate of drug-likeness (QED) is 0.584. The number of benzene rings is 2. The molecule has 0 spiro atoms. The Kier molecular flexibility index (Phi) is 5.41. The van der Waals surface area contributed by atoms with E-state index in [0.29, 0.717) is 23.2 Å². The Labute approximate surface area is 155 Å². The van der Waals surface area contributed by atoms with Gasteiger partial charge in [-0.3, -0.25) is 4.68 Å². The molecular formula is C19H16Cl2N2O2. The van der Waals surface area contributed by atoms with E-state index < -0.39 is 5.97 Å². The van der Waals surface area contributed by atoms with Gasteiger partial charge in [0.05, 0.1) is 18.8 Å². The molecule has 0 amide bonds. The molecule has 0 atom stereocenters. The Balaban J connectivity index is 2.02. The lowest BCUT2D eigenvalue weighted by Crippen LogP contribution is -2.08. The van der Waals surface area contributed by atoms with Crippen molar-refractivity contribution in [1.29, 1.82) is 0 Å². The minimum absolute atomic E-state index is 0.269. The van der Waals surface area contributed by atoms with Gasteiger partial charge in [0.1, 0.15) is 0 Å². The van der Waals surface area contributed by atoms with Crippen LogP contribution in [0, 0.1) is 0 Å². The number of carbonyl (C=O) groups is 1. The van der Waals surface area contributed by atoms with Crippen molar-refractivity contribution >= 4 is 29.2 Å². The molecule has 0 N–H and O–H groups in total. The molecule has 0 aliphatic carbocycles. The van der Waals surface area contributed by atoms with E-state index in [1.54, 1.807) is 29.8 Å². The van der Waals surface area contributed by atoms with Crippen molar-refractivity contribution in [2.75, 3.05) is 6.61 Å². The first-order valence-electron chi connectivity index (χ1n) is 7.83. The van der Waals surface area contributed by atoms with Crippen LogP contribution in [0.4, 0.5) is 0 Å². The van der Waals surface area contributed by atoms with Crippen LogP contribution in [0.3, 0.4) is 0 Å². The van der Waals surface area contributed by atoms with E-state index in [1.165, 1.54) is 0 Å². The highest BCUT2D eigenvalue weighted by molar-refractivity contribution is 6.35. The number of hydrogen-bond acceptors (Lipinski definition) is 3. The fourth-order valence-corrected chi connectivity index (χ4v) is 2.96. The van der Waals surface area contributed by atoms with Crippen molar-refractivity contribution in [3.63, 3.8) is 0 Å². The monoisotopic (exact) mass is 374 g/mol. The highest BCUT2D eigenvalue weighted by atomic mass is 35.5. The van der Waals surface area contributed by atoms with E-state index in [9.17, 15) is 4.79 Å². The number of rotatable bonds is 5. The molecular weight excluding hydrogens is 359 g/mol. The minimum Gasteiger partial charge on any atom is -0.461 e. The highest BCUT2D eigenvalue weighted by Crippen LogP contribution is 2.25. The molecule has 0 fully saturated rings. The Bertz CT molecular complexity index is 892. The molecule has 1 aromatic heterocycles. The van der Waals surface area contributed by atoms with E-state index in [2.05, 4.69) is 5.10 Å². The third kappa shape index (κ3) is 4.03. The average molecular weight is 375 g/mol. The molecule has 128 valence electrons. The standard InChI is InChI=1S/C19H16Cl2N2O2/c1-2-25-19(24)17-11-18(13-6-4-3-5-7-13)23(22-17)12-14-8-9-15(20)10-16(14)21/h3-11H,2,12H2,1H3. The molecule has 0 saturated heterocycles. The van der Waals surface area contributed by atoms with E-state index in [4.69, 9.17) is 27.9 Å². The molecule has 0 radical (unpaired) electrons. The van der Waals surface area contributed by atoms with Gasteiger partial charge in [-0.15, -0.1) is 0 Å². The van der Waals surface area contributed by atoms with Crippen LogP contribution in [0.15, 0.2) is 54.6 Å².